The molecule has 1 aromatic heterocycles. The van der Waals surface area contributed by atoms with Gasteiger partial charge in [0.05, 0.1) is 0 Å². The van der Waals surface area contributed by atoms with E-state index in [1.807, 2.05) is 32.4 Å². The summed E-state index contributed by atoms with van der Waals surface area (Å²) < 4.78 is 27.0. The quantitative estimate of drug-likeness (QED) is 0.669. The van der Waals surface area contributed by atoms with E-state index in [2.05, 4.69) is 15.5 Å². The molecule has 2 N–H and O–H groups in total. The van der Waals surface area contributed by atoms with Crippen molar-refractivity contribution in [2.45, 2.75) is 44.6 Å². The van der Waals surface area contributed by atoms with E-state index >= 15 is 0 Å². The second-order valence-corrected chi connectivity index (χ2v) is 9.85. The van der Waals surface area contributed by atoms with Crippen LogP contribution in [0.15, 0.2) is 29.3 Å². The lowest BCUT2D eigenvalue weighted by atomic mass is 9.92. The number of halogens is 1. The molecule has 168 valence electrons. The minimum Gasteiger partial charge on any atom is -0.343 e. The van der Waals surface area contributed by atoms with E-state index in [9.17, 15) is 18.0 Å². The number of benzene rings is 1. The predicted octanol–water partition coefficient (Wildman–Crippen LogP) is 3.59. The number of amides is 3. The Morgan fingerprint density at radius 1 is 1.00 bits per heavy atom. The first-order valence-electron chi connectivity index (χ1n) is 9.56. The third kappa shape index (κ3) is 5.92. The van der Waals surface area contributed by atoms with Crippen LogP contribution in [0.3, 0.4) is 0 Å². The Labute approximate surface area is 187 Å². The Bertz CT molecular complexity index is 1050. The van der Waals surface area contributed by atoms with Crippen molar-refractivity contribution >= 4 is 39.2 Å². The lowest BCUT2D eigenvalue weighted by Crippen LogP contribution is -2.35. The van der Waals surface area contributed by atoms with E-state index in [1.165, 1.54) is 25.1 Å². The number of hydrogen-bond donors (Lipinski definition) is 2. The first-order chi connectivity index (χ1) is 14.3. The van der Waals surface area contributed by atoms with Gasteiger partial charge in [0.25, 0.3) is 15.9 Å². The number of carbonyl (C=O) groups is 2. The van der Waals surface area contributed by atoms with Gasteiger partial charge in [-0.05, 0) is 47.2 Å². The standard InChI is InChI=1S/C20H26ClN5O4S/c1-11(2)14-9-13(21)10-15(12(3)4)18(14)22-20(28)25-31(29,30)17-8-7-16(23-24-17)19(27)26(5)6/h7-12H,1-6H3,(H2,22,25,28). The fourth-order valence-corrected chi connectivity index (χ4v) is 3.85. The van der Waals surface area contributed by atoms with E-state index in [-0.39, 0.29) is 17.5 Å². The molecule has 11 heteroatoms. The number of rotatable bonds is 6. The Kier molecular flexibility index (Phi) is 7.61. The van der Waals surface area contributed by atoms with Gasteiger partial charge < -0.3 is 10.2 Å². The van der Waals surface area contributed by atoms with Crippen molar-refractivity contribution in [2.75, 3.05) is 19.4 Å². The molecule has 2 rings (SSSR count). The summed E-state index contributed by atoms with van der Waals surface area (Å²) in [6, 6.07) is 4.89. The second-order valence-electron chi connectivity index (χ2n) is 7.78. The maximum absolute atomic E-state index is 12.6. The molecule has 0 fully saturated rings. The first-order valence-corrected chi connectivity index (χ1v) is 11.4. The molecule has 0 radical (unpaired) electrons. The van der Waals surface area contributed by atoms with Crippen molar-refractivity contribution in [3.05, 3.63) is 46.1 Å². The average molecular weight is 468 g/mol. The average Bonchev–Trinajstić information content (AvgIpc) is 2.67. The van der Waals surface area contributed by atoms with Crippen LogP contribution in [0.25, 0.3) is 0 Å². The monoisotopic (exact) mass is 467 g/mol. The molecular formula is C20H26ClN5O4S. The molecule has 0 aliphatic carbocycles. The van der Waals surface area contributed by atoms with Gasteiger partial charge in [-0.3, -0.25) is 4.79 Å². The smallest absolute Gasteiger partial charge is 0.333 e. The Morgan fingerprint density at radius 3 is 1.97 bits per heavy atom. The molecule has 9 nitrogen and oxygen atoms in total. The van der Waals surface area contributed by atoms with Crippen LogP contribution in [0.1, 0.15) is 61.1 Å². The van der Waals surface area contributed by atoms with E-state index < -0.39 is 27.0 Å². The van der Waals surface area contributed by atoms with Gasteiger partial charge in [0.15, 0.2) is 10.7 Å². The summed E-state index contributed by atoms with van der Waals surface area (Å²) >= 11 is 6.22. The van der Waals surface area contributed by atoms with Gasteiger partial charge >= 0.3 is 6.03 Å². The number of hydrogen-bond acceptors (Lipinski definition) is 6. The van der Waals surface area contributed by atoms with Crippen LogP contribution >= 0.6 is 11.6 Å². The summed E-state index contributed by atoms with van der Waals surface area (Å²) in [5, 5.41) is 9.90. The normalized spacial score (nSPS) is 11.5. The van der Waals surface area contributed by atoms with Gasteiger partial charge in [0.2, 0.25) is 0 Å². The molecule has 3 amide bonds. The van der Waals surface area contributed by atoms with E-state index in [0.717, 1.165) is 17.2 Å². The maximum Gasteiger partial charge on any atom is 0.333 e. The van der Waals surface area contributed by atoms with Gasteiger partial charge in [-0.15, -0.1) is 10.2 Å². The van der Waals surface area contributed by atoms with Gasteiger partial charge in [0.1, 0.15) is 0 Å². The van der Waals surface area contributed by atoms with Crippen molar-refractivity contribution in [2.24, 2.45) is 0 Å². The summed E-state index contributed by atoms with van der Waals surface area (Å²) in [6.45, 7) is 7.78. The molecule has 0 aliphatic heterocycles. The zero-order chi connectivity index (χ0) is 23.5. The molecule has 0 saturated heterocycles. The third-order valence-corrected chi connectivity index (χ3v) is 5.86. The van der Waals surface area contributed by atoms with Gasteiger partial charge in [0, 0.05) is 24.8 Å². The topological polar surface area (TPSA) is 121 Å². The number of aromatic nitrogens is 2. The lowest BCUT2D eigenvalue weighted by molar-refractivity contribution is 0.0820. The number of carbonyl (C=O) groups excluding carboxylic acids is 2. The Balaban J connectivity index is 2.29. The second kappa shape index (κ2) is 9.61. The number of urea groups is 1. The highest BCUT2D eigenvalue weighted by Crippen LogP contribution is 2.35. The molecule has 0 spiro atoms. The molecule has 0 aliphatic rings. The van der Waals surface area contributed by atoms with Crippen molar-refractivity contribution in [3.8, 4) is 0 Å². The van der Waals surface area contributed by atoms with Crippen LogP contribution in [0.5, 0.6) is 0 Å². The van der Waals surface area contributed by atoms with Gasteiger partial charge in [-0.25, -0.2) is 9.52 Å². The number of sulfonamides is 1. The highest BCUT2D eigenvalue weighted by atomic mass is 35.5. The number of nitrogens with one attached hydrogen (secondary N) is 2. The van der Waals surface area contributed by atoms with Crippen LogP contribution in [0, 0.1) is 0 Å². The molecular weight excluding hydrogens is 442 g/mol. The zero-order valence-electron chi connectivity index (χ0n) is 18.2. The van der Waals surface area contributed by atoms with Gasteiger partial charge in [-0.1, -0.05) is 39.3 Å². The summed E-state index contributed by atoms with van der Waals surface area (Å²) in [5.41, 5.74) is 2.07. The highest BCUT2D eigenvalue weighted by molar-refractivity contribution is 7.90. The fraction of sp³-hybridized carbons (Fsp3) is 0.400. The van der Waals surface area contributed by atoms with E-state index in [1.54, 1.807) is 12.1 Å². The zero-order valence-corrected chi connectivity index (χ0v) is 19.8. The summed E-state index contributed by atoms with van der Waals surface area (Å²) in [6.07, 6.45) is 0. The highest BCUT2D eigenvalue weighted by Gasteiger charge is 2.23. The van der Waals surface area contributed by atoms with Crippen molar-refractivity contribution in [3.63, 3.8) is 0 Å². The van der Waals surface area contributed by atoms with E-state index in [0.29, 0.717) is 10.7 Å². The van der Waals surface area contributed by atoms with Crippen molar-refractivity contribution in [1.29, 1.82) is 0 Å². The van der Waals surface area contributed by atoms with Crippen molar-refractivity contribution < 1.29 is 18.0 Å². The van der Waals surface area contributed by atoms with Crippen LogP contribution in [-0.2, 0) is 10.0 Å². The Morgan fingerprint density at radius 2 is 1.55 bits per heavy atom. The third-order valence-electron chi connectivity index (χ3n) is 4.41. The molecule has 0 atom stereocenters. The van der Waals surface area contributed by atoms with Crippen molar-refractivity contribution in [1.82, 2.24) is 19.8 Å². The van der Waals surface area contributed by atoms with Crippen LogP contribution in [-0.4, -0.2) is 49.5 Å². The summed E-state index contributed by atoms with van der Waals surface area (Å²) in [4.78, 5) is 25.7. The SMILES string of the molecule is CC(C)c1cc(Cl)cc(C(C)C)c1NC(=O)NS(=O)(=O)c1ccc(C(=O)N(C)C)nn1. The van der Waals surface area contributed by atoms with Gasteiger partial charge in [-0.2, -0.15) is 8.42 Å². The Hall–Kier alpha value is -2.72. The van der Waals surface area contributed by atoms with E-state index in [4.69, 9.17) is 11.6 Å². The maximum atomic E-state index is 12.6. The number of nitrogens with zero attached hydrogens (tertiary/aromatic N) is 3. The molecule has 0 saturated carbocycles. The van der Waals surface area contributed by atoms with Crippen LogP contribution < -0.4 is 10.0 Å². The number of anilines is 1. The predicted molar refractivity (Wildman–Crippen MR) is 119 cm³/mol. The molecule has 0 unspecified atom stereocenters. The molecule has 2 aromatic rings. The molecule has 1 heterocycles. The lowest BCUT2D eigenvalue weighted by Gasteiger charge is -2.21. The molecule has 1 aromatic carbocycles. The largest absolute Gasteiger partial charge is 0.343 e. The molecule has 31 heavy (non-hydrogen) atoms. The minimum absolute atomic E-state index is 0.0160. The summed E-state index contributed by atoms with van der Waals surface area (Å²) in [7, 11) is -1.23. The fourth-order valence-electron chi connectivity index (χ4n) is 2.82. The van der Waals surface area contributed by atoms with Crippen LogP contribution in [0.4, 0.5) is 10.5 Å². The van der Waals surface area contributed by atoms with Crippen LogP contribution in [0.2, 0.25) is 5.02 Å². The minimum atomic E-state index is -4.30. The first kappa shape index (κ1) is 24.5. The molecule has 0 bridgehead atoms. The summed E-state index contributed by atoms with van der Waals surface area (Å²) in [5.74, 6) is -0.348.